The minimum atomic E-state index is -0.0773. The van der Waals surface area contributed by atoms with E-state index in [-0.39, 0.29) is 18.4 Å². The number of carbonyl (C=O) groups is 1. The minimum Gasteiger partial charge on any atom is -0.396 e. The molecule has 0 heterocycles. The van der Waals surface area contributed by atoms with Gasteiger partial charge in [-0.2, -0.15) is 0 Å². The van der Waals surface area contributed by atoms with Crippen molar-refractivity contribution in [3.63, 3.8) is 0 Å². The molecular weight excluding hydrogens is 262 g/mol. The molecule has 0 fully saturated rings. The van der Waals surface area contributed by atoms with Crippen molar-refractivity contribution in [3.05, 3.63) is 35.9 Å². The van der Waals surface area contributed by atoms with Crippen molar-refractivity contribution in [2.45, 2.75) is 46.0 Å². The van der Waals surface area contributed by atoms with Gasteiger partial charge < -0.3 is 10.4 Å². The van der Waals surface area contributed by atoms with Crippen LogP contribution in [0.4, 0.5) is 0 Å². The molecule has 0 saturated carbocycles. The summed E-state index contributed by atoms with van der Waals surface area (Å²) in [5.41, 5.74) is 1.09. The predicted molar refractivity (Wildman–Crippen MR) is 87.1 cm³/mol. The summed E-state index contributed by atoms with van der Waals surface area (Å²) in [6.07, 6.45) is 2.83. The number of hydrogen-bond acceptors (Lipinski definition) is 2. The first kappa shape index (κ1) is 17.7. The number of hydrogen-bond donors (Lipinski definition) is 2. The van der Waals surface area contributed by atoms with E-state index in [2.05, 4.69) is 19.2 Å². The SMILES string of the molecule is CCC(C)C(C(=O)NCCCC(C)CO)c1ccccc1. The largest absolute Gasteiger partial charge is 0.396 e. The predicted octanol–water partition coefficient (Wildman–Crippen LogP) is 3.34. The normalized spacial score (nSPS) is 15.2. The molecule has 0 aliphatic carbocycles. The standard InChI is InChI=1S/C18H29NO2/c1-4-15(3)17(16-10-6-5-7-11-16)18(21)19-12-8-9-14(2)13-20/h5-7,10-11,14-15,17,20H,4,8-9,12-13H2,1-3H3,(H,19,21). The molecule has 0 aromatic heterocycles. The Morgan fingerprint density at radius 1 is 1.24 bits per heavy atom. The van der Waals surface area contributed by atoms with Crippen molar-refractivity contribution in [1.82, 2.24) is 5.32 Å². The highest BCUT2D eigenvalue weighted by Gasteiger charge is 2.25. The van der Waals surface area contributed by atoms with E-state index in [0.29, 0.717) is 18.4 Å². The third-order valence-corrected chi connectivity index (χ3v) is 4.14. The lowest BCUT2D eigenvalue weighted by atomic mass is 9.85. The fraction of sp³-hybridized carbons (Fsp3) is 0.611. The molecule has 3 unspecified atom stereocenters. The summed E-state index contributed by atoms with van der Waals surface area (Å²) in [5, 5.41) is 12.1. The Morgan fingerprint density at radius 3 is 2.48 bits per heavy atom. The summed E-state index contributed by atoms with van der Waals surface area (Å²) >= 11 is 0. The van der Waals surface area contributed by atoms with Crippen LogP contribution in [0.2, 0.25) is 0 Å². The number of amides is 1. The average molecular weight is 291 g/mol. The maximum absolute atomic E-state index is 12.5. The maximum Gasteiger partial charge on any atom is 0.227 e. The van der Waals surface area contributed by atoms with Gasteiger partial charge in [-0.15, -0.1) is 0 Å². The molecule has 0 aliphatic heterocycles. The van der Waals surface area contributed by atoms with Gasteiger partial charge in [0.25, 0.3) is 0 Å². The molecule has 1 amide bonds. The molecular formula is C18H29NO2. The van der Waals surface area contributed by atoms with Crippen LogP contribution in [-0.2, 0) is 4.79 Å². The lowest BCUT2D eigenvalue weighted by Crippen LogP contribution is -2.33. The zero-order valence-corrected chi connectivity index (χ0v) is 13.5. The van der Waals surface area contributed by atoms with Crippen LogP contribution in [0.1, 0.15) is 51.5 Å². The molecule has 3 heteroatoms. The molecule has 1 rings (SSSR count). The van der Waals surface area contributed by atoms with Crippen molar-refractivity contribution < 1.29 is 9.90 Å². The summed E-state index contributed by atoms with van der Waals surface area (Å²) in [6, 6.07) is 10.0. The van der Waals surface area contributed by atoms with Crippen molar-refractivity contribution in [2.24, 2.45) is 11.8 Å². The van der Waals surface area contributed by atoms with E-state index in [9.17, 15) is 4.79 Å². The number of benzene rings is 1. The molecule has 118 valence electrons. The van der Waals surface area contributed by atoms with E-state index in [4.69, 9.17) is 5.11 Å². The number of rotatable bonds is 9. The number of aliphatic hydroxyl groups is 1. The molecule has 2 N–H and O–H groups in total. The van der Waals surface area contributed by atoms with Crippen molar-refractivity contribution >= 4 is 5.91 Å². The van der Waals surface area contributed by atoms with Gasteiger partial charge in [0.2, 0.25) is 5.91 Å². The topological polar surface area (TPSA) is 49.3 Å². The molecule has 0 spiro atoms. The van der Waals surface area contributed by atoms with Gasteiger partial charge in [-0.1, -0.05) is 57.5 Å². The van der Waals surface area contributed by atoms with Crippen molar-refractivity contribution in [3.8, 4) is 0 Å². The highest BCUT2D eigenvalue weighted by molar-refractivity contribution is 5.83. The van der Waals surface area contributed by atoms with E-state index < -0.39 is 0 Å². The van der Waals surface area contributed by atoms with Gasteiger partial charge in [0.15, 0.2) is 0 Å². The van der Waals surface area contributed by atoms with E-state index in [0.717, 1.165) is 24.8 Å². The minimum absolute atomic E-state index is 0.0773. The van der Waals surface area contributed by atoms with Crippen LogP contribution in [0.15, 0.2) is 30.3 Å². The third-order valence-electron chi connectivity index (χ3n) is 4.14. The second-order valence-corrected chi connectivity index (χ2v) is 5.99. The number of nitrogens with one attached hydrogen (secondary N) is 1. The number of carbonyl (C=O) groups excluding carboxylic acids is 1. The molecule has 21 heavy (non-hydrogen) atoms. The first-order valence-corrected chi connectivity index (χ1v) is 8.03. The lowest BCUT2D eigenvalue weighted by molar-refractivity contribution is -0.123. The van der Waals surface area contributed by atoms with Crippen molar-refractivity contribution in [2.75, 3.05) is 13.2 Å². The van der Waals surface area contributed by atoms with Gasteiger partial charge in [0, 0.05) is 13.2 Å². The zero-order chi connectivity index (χ0) is 15.7. The smallest absolute Gasteiger partial charge is 0.227 e. The van der Waals surface area contributed by atoms with Crippen molar-refractivity contribution in [1.29, 1.82) is 0 Å². The van der Waals surface area contributed by atoms with Crippen LogP contribution in [0.25, 0.3) is 0 Å². The van der Waals surface area contributed by atoms with E-state index in [1.807, 2.05) is 37.3 Å². The van der Waals surface area contributed by atoms with E-state index in [1.54, 1.807) is 0 Å². The van der Waals surface area contributed by atoms with Gasteiger partial charge >= 0.3 is 0 Å². The first-order chi connectivity index (χ1) is 10.1. The summed E-state index contributed by atoms with van der Waals surface area (Å²) in [6.45, 7) is 7.17. The maximum atomic E-state index is 12.5. The summed E-state index contributed by atoms with van der Waals surface area (Å²) < 4.78 is 0. The van der Waals surface area contributed by atoms with Gasteiger partial charge in [-0.25, -0.2) is 0 Å². The van der Waals surface area contributed by atoms with Gasteiger partial charge in [-0.05, 0) is 30.2 Å². The first-order valence-electron chi connectivity index (χ1n) is 8.03. The molecule has 0 radical (unpaired) electrons. The van der Waals surface area contributed by atoms with Gasteiger partial charge in [0.05, 0.1) is 5.92 Å². The molecule has 0 bridgehead atoms. The quantitative estimate of drug-likeness (QED) is 0.686. The van der Waals surface area contributed by atoms with E-state index in [1.165, 1.54) is 0 Å². The molecule has 1 aromatic carbocycles. The Kier molecular flexibility index (Phi) is 8.06. The monoisotopic (exact) mass is 291 g/mol. The summed E-state index contributed by atoms with van der Waals surface area (Å²) in [4.78, 5) is 12.5. The van der Waals surface area contributed by atoms with Crippen LogP contribution < -0.4 is 5.32 Å². The zero-order valence-electron chi connectivity index (χ0n) is 13.5. The van der Waals surface area contributed by atoms with Gasteiger partial charge in [0.1, 0.15) is 0 Å². The van der Waals surface area contributed by atoms with Crippen LogP contribution in [0.3, 0.4) is 0 Å². The van der Waals surface area contributed by atoms with Crippen LogP contribution in [-0.4, -0.2) is 24.2 Å². The Hall–Kier alpha value is -1.35. The average Bonchev–Trinajstić information content (AvgIpc) is 2.52. The Morgan fingerprint density at radius 2 is 1.90 bits per heavy atom. The van der Waals surface area contributed by atoms with Gasteiger partial charge in [-0.3, -0.25) is 4.79 Å². The highest BCUT2D eigenvalue weighted by atomic mass is 16.3. The second kappa shape index (κ2) is 9.56. The molecule has 3 atom stereocenters. The second-order valence-electron chi connectivity index (χ2n) is 5.99. The molecule has 0 saturated heterocycles. The van der Waals surface area contributed by atoms with Crippen LogP contribution in [0.5, 0.6) is 0 Å². The Balaban J connectivity index is 2.57. The van der Waals surface area contributed by atoms with E-state index >= 15 is 0 Å². The fourth-order valence-electron chi connectivity index (χ4n) is 2.50. The molecule has 3 nitrogen and oxygen atoms in total. The highest BCUT2D eigenvalue weighted by Crippen LogP contribution is 2.27. The molecule has 0 aliphatic rings. The summed E-state index contributed by atoms with van der Waals surface area (Å²) in [5.74, 6) is 0.670. The lowest BCUT2D eigenvalue weighted by Gasteiger charge is -2.23. The Labute approximate surface area is 128 Å². The third kappa shape index (κ3) is 5.88. The molecule has 1 aromatic rings. The number of aliphatic hydroxyl groups excluding tert-OH is 1. The van der Waals surface area contributed by atoms with Crippen LogP contribution in [0, 0.1) is 11.8 Å². The summed E-state index contributed by atoms with van der Waals surface area (Å²) in [7, 11) is 0. The fourth-order valence-corrected chi connectivity index (χ4v) is 2.50. The Bertz CT molecular complexity index is 405. The van der Waals surface area contributed by atoms with Crippen LogP contribution >= 0.6 is 0 Å².